The zero-order chi connectivity index (χ0) is 12.3. The van der Waals surface area contributed by atoms with Gasteiger partial charge in [-0.3, -0.25) is 4.90 Å². The number of hydrogen-bond donors (Lipinski definition) is 0. The predicted molar refractivity (Wildman–Crippen MR) is 75.2 cm³/mol. The van der Waals surface area contributed by atoms with E-state index in [0.29, 0.717) is 16.0 Å². The van der Waals surface area contributed by atoms with E-state index < -0.39 is 0 Å². The minimum atomic E-state index is 0.618. The molecule has 17 heavy (non-hydrogen) atoms. The molecule has 2 rings (SSSR count). The van der Waals surface area contributed by atoms with Gasteiger partial charge in [-0.05, 0) is 43.0 Å². The molecule has 0 N–H and O–H groups in total. The third-order valence-electron chi connectivity index (χ3n) is 3.21. The maximum Gasteiger partial charge on any atom is 0.0595 e. The molecule has 0 saturated carbocycles. The Morgan fingerprint density at radius 3 is 2.76 bits per heavy atom. The van der Waals surface area contributed by atoms with E-state index in [1.807, 2.05) is 18.2 Å². The number of hydrogen-bond acceptors (Lipinski definition) is 1. The van der Waals surface area contributed by atoms with E-state index in [0.717, 1.165) is 25.5 Å². The van der Waals surface area contributed by atoms with Gasteiger partial charge in [0.2, 0.25) is 0 Å². The first-order chi connectivity index (χ1) is 8.19. The largest absolute Gasteiger partial charge is 0.299 e. The van der Waals surface area contributed by atoms with Crippen molar-refractivity contribution in [1.29, 1.82) is 0 Å². The van der Waals surface area contributed by atoms with Gasteiger partial charge in [0.05, 0.1) is 10.0 Å². The van der Waals surface area contributed by atoms with Crippen LogP contribution in [0.1, 0.15) is 18.4 Å². The van der Waals surface area contributed by atoms with Gasteiger partial charge in [0.1, 0.15) is 0 Å². The minimum Gasteiger partial charge on any atom is -0.299 e. The Morgan fingerprint density at radius 1 is 1.24 bits per heavy atom. The van der Waals surface area contributed by atoms with Gasteiger partial charge in [-0.1, -0.05) is 29.3 Å². The highest BCUT2D eigenvalue weighted by molar-refractivity contribution is 6.42. The zero-order valence-electron chi connectivity index (χ0n) is 9.63. The van der Waals surface area contributed by atoms with Gasteiger partial charge in [-0.2, -0.15) is 0 Å². The summed E-state index contributed by atoms with van der Waals surface area (Å²) in [5.74, 6) is 1.39. The lowest BCUT2D eigenvalue weighted by Gasteiger charge is -2.31. The quantitative estimate of drug-likeness (QED) is 0.744. The number of halogens is 3. The number of piperidine rings is 1. The molecule has 1 aromatic carbocycles. The van der Waals surface area contributed by atoms with Crippen LogP contribution in [0.4, 0.5) is 0 Å². The third kappa shape index (κ3) is 3.75. The van der Waals surface area contributed by atoms with Crippen molar-refractivity contribution in [2.45, 2.75) is 19.4 Å². The summed E-state index contributed by atoms with van der Waals surface area (Å²) >= 11 is 17.9. The number of likely N-dealkylation sites (tertiary alicyclic amines) is 1. The van der Waals surface area contributed by atoms with E-state index >= 15 is 0 Å². The van der Waals surface area contributed by atoms with Crippen molar-refractivity contribution < 1.29 is 0 Å². The highest BCUT2D eigenvalue weighted by Gasteiger charge is 2.19. The number of nitrogens with zero attached hydrogens (tertiary/aromatic N) is 1. The Kier molecular flexibility index (Phi) is 4.98. The molecular weight excluding hydrogens is 277 g/mol. The van der Waals surface area contributed by atoms with E-state index in [1.54, 1.807) is 0 Å². The Labute approximate surface area is 118 Å². The molecule has 0 aliphatic carbocycles. The SMILES string of the molecule is ClCC1CCCN(Cc2ccc(Cl)c(Cl)c2)C1. The first-order valence-electron chi connectivity index (χ1n) is 5.91. The van der Waals surface area contributed by atoms with Crippen LogP contribution in [0.2, 0.25) is 10.0 Å². The first-order valence-corrected chi connectivity index (χ1v) is 7.20. The molecule has 0 aromatic heterocycles. The average molecular weight is 293 g/mol. The van der Waals surface area contributed by atoms with Crippen LogP contribution in [-0.2, 0) is 6.54 Å². The molecule has 1 aliphatic heterocycles. The van der Waals surface area contributed by atoms with Crippen LogP contribution < -0.4 is 0 Å². The molecule has 1 aliphatic rings. The van der Waals surface area contributed by atoms with Gasteiger partial charge >= 0.3 is 0 Å². The number of benzene rings is 1. The summed E-state index contributed by atoms with van der Waals surface area (Å²) in [7, 11) is 0. The Balaban J connectivity index is 1.97. The number of rotatable bonds is 3. The van der Waals surface area contributed by atoms with Gasteiger partial charge in [-0.15, -0.1) is 11.6 Å². The van der Waals surface area contributed by atoms with Gasteiger partial charge < -0.3 is 0 Å². The smallest absolute Gasteiger partial charge is 0.0595 e. The molecule has 1 atom stereocenters. The Bertz CT molecular complexity index is 381. The van der Waals surface area contributed by atoms with Crippen molar-refractivity contribution in [3.63, 3.8) is 0 Å². The molecule has 1 fully saturated rings. The van der Waals surface area contributed by atoms with E-state index in [1.165, 1.54) is 18.4 Å². The molecule has 0 radical (unpaired) electrons. The first kappa shape index (κ1) is 13.5. The zero-order valence-corrected chi connectivity index (χ0v) is 11.9. The van der Waals surface area contributed by atoms with Crippen LogP contribution >= 0.6 is 34.8 Å². The van der Waals surface area contributed by atoms with Crippen molar-refractivity contribution in [2.24, 2.45) is 5.92 Å². The molecule has 1 nitrogen and oxygen atoms in total. The highest BCUT2D eigenvalue weighted by atomic mass is 35.5. The normalized spacial score (nSPS) is 21.7. The van der Waals surface area contributed by atoms with Gasteiger partial charge in [0, 0.05) is 19.0 Å². The second-order valence-corrected chi connectivity index (χ2v) is 5.77. The number of alkyl halides is 1. The van der Waals surface area contributed by atoms with E-state index in [4.69, 9.17) is 34.8 Å². The van der Waals surface area contributed by atoms with Gasteiger partial charge in [0.25, 0.3) is 0 Å². The molecule has 0 amide bonds. The van der Waals surface area contributed by atoms with Crippen molar-refractivity contribution >= 4 is 34.8 Å². The summed E-state index contributed by atoms with van der Waals surface area (Å²) in [6, 6.07) is 5.86. The molecule has 1 aromatic rings. The van der Waals surface area contributed by atoms with E-state index in [9.17, 15) is 0 Å². The molecule has 1 heterocycles. The fourth-order valence-electron chi connectivity index (χ4n) is 2.32. The van der Waals surface area contributed by atoms with Crippen LogP contribution in [0.15, 0.2) is 18.2 Å². The van der Waals surface area contributed by atoms with Crippen molar-refractivity contribution in [2.75, 3.05) is 19.0 Å². The molecule has 1 saturated heterocycles. The fraction of sp³-hybridized carbons (Fsp3) is 0.538. The second-order valence-electron chi connectivity index (χ2n) is 4.65. The Morgan fingerprint density at radius 2 is 2.06 bits per heavy atom. The molecule has 4 heteroatoms. The molecule has 94 valence electrons. The summed E-state index contributed by atoms with van der Waals surface area (Å²) in [4.78, 5) is 2.44. The maximum atomic E-state index is 6.02. The Hall–Kier alpha value is 0.0500. The van der Waals surface area contributed by atoms with Crippen molar-refractivity contribution in [3.8, 4) is 0 Å². The fourth-order valence-corrected chi connectivity index (χ4v) is 2.89. The van der Waals surface area contributed by atoms with Crippen LogP contribution in [-0.4, -0.2) is 23.9 Å². The van der Waals surface area contributed by atoms with E-state index in [-0.39, 0.29) is 0 Å². The van der Waals surface area contributed by atoms with Crippen LogP contribution in [0, 0.1) is 5.92 Å². The highest BCUT2D eigenvalue weighted by Crippen LogP contribution is 2.25. The molecular formula is C13H16Cl3N. The van der Waals surface area contributed by atoms with Crippen LogP contribution in [0.5, 0.6) is 0 Å². The maximum absolute atomic E-state index is 6.02. The molecule has 1 unspecified atom stereocenters. The standard InChI is InChI=1S/C13H16Cl3N/c14-7-11-2-1-5-17(9-11)8-10-3-4-12(15)13(16)6-10/h3-4,6,11H,1-2,5,7-9H2. The summed E-state index contributed by atoms with van der Waals surface area (Å²) in [6.07, 6.45) is 2.49. The third-order valence-corrected chi connectivity index (χ3v) is 4.39. The summed E-state index contributed by atoms with van der Waals surface area (Å²) in [6.45, 7) is 3.17. The predicted octanol–water partition coefficient (Wildman–Crippen LogP) is 4.44. The second kappa shape index (κ2) is 6.29. The van der Waals surface area contributed by atoms with Gasteiger partial charge in [-0.25, -0.2) is 0 Å². The van der Waals surface area contributed by atoms with Crippen LogP contribution in [0.3, 0.4) is 0 Å². The summed E-state index contributed by atoms with van der Waals surface area (Å²) in [5.41, 5.74) is 1.22. The summed E-state index contributed by atoms with van der Waals surface area (Å²) < 4.78 is 0. The summed E-state index contributed by atoms with van der Waals surface area (Å²) in [5, 5.41) is 1.25. The van der Waals surface area contributed by atoms with Crippen molar-refractivity contribution in [1.82, 2.24) is 4.90 Å². The van der Waals surface area contributed by atoms with Crippen LogP contribution in [0.25, 0.3) is 0 Å². The topological polar surface area (TPSA) is 3.24 Å². The monoisotopic (exact) mass is 291 g/mol. The molecule has 0 spiro atoms. The van der Waals surface area contributed by atoms with Crippen molar-refractivity contribution in [3.05, 3.63) is 33.8 Å². The lowest BCUT2D eigenvalue weighted by Crippen LogP contribution is -2.35. The minimum absolute atomic E-state index is 0.618. The van der Waals surface area contributed by atoms with Gasteiger partial charge in [0.15, 0.2) is 0 Å². The molecule has 0 bridgehead atoms. The lowest BCUT2D eigenvalue weighted by molar-refractivity contribution is 0.178. The van der Waals surface area contributed by atoms with E-state index in [2.05, 4.69) is 4.90 Å². The average Bonchev–Trinajstić information content (AvgIpc) is 2.34. The lowest BCUT2D eigenvalue weighted by atomic mass is 9.99.